The van der Waals surface area contributed by atoms with Gasteiger partial charge in [0.2, 0.25) is 10.0 Å². The van der Waals surface area contributed by atoms with Crippen molar-refractivity contribution in [2.24, 2.45) is 0 Å². The highest BCUT2D eigenvalue weighted by Crippen LogP contribution is 2.36. The second-order valence-electron chi connectivity index (χ2n) is 6.09. The van der Waals surface area contributed by atoms with Gasteiger partial charge in [-0.2, -0.15) is 0 Å². The van der Waals surface area contributed by atoms with Crippen molar-refractivity contribution in [2.45, 2.75) is 55.6 Å². The van der Waals surface area contributed by atoms with Gasteiger partial charge in [0, 0.05) is 18.1 Å². The summed E-state index contributed by atoms with van der Waals surface area (Å²) < 4.78 is 40.9. The lowest BCUT2D eigenvalue weighted by Crippen LogP contribution is -2.34. The van der Waals surface area contributed by atoms with E-state index >= 15 is 0 Å². The Kier molecular flexibility index (Phi) is 3.35. The smallest absolute Gasteiger partial charge is 0.243 e. The average molecular weight is 298 g/mol. The molecule has 20 heavy (non-hydrogen) atoms. The molecule has 0 bridgehead atoms. The Balaban J connectivity index is 1.75. The molecule has 0 aromatic heterocycles. The summed E-state index contributed by atoms with van der Waals surface area (Å²) in [5, 5.41) is 3.27. The fourth-order valence-electron chi connectivity index (χ4n) is 2.09. The van der Waals surface area contributed by atoms with Gasteiger partial charge in [-0.05, 0) is 50.3 Å². The van der Waals surface area contributed by atoms with Crippen molar-refractivity contribution in [3.05, 3.63) is 29.6 Å². The molecule has 110 valence electrons. The molecule has 1 aromatic carbocycles. The minimum absolute atomic E-state index is 0.263. The zero-order valence-electron chi connectivity index (χ0n) is 11.4. The summed E-state index contributed by atoms with van der Waals surface area (Å²) in [5.74, 6) is -0.683. The molecular weight excluding hydrogens is 279 g/mol. The Bertz CT molecular complexity index is 622. The van der Waals surface area contributed by atoms with Crippen LogP contribution in [0.4, 0.5) is 4.39 Å². The quantitative estimate of drug-likeness (QED) is 0.843. The Morgan fingerprint density at radius 3 is 2.60 bits per heavy atom. The molecule has 2 fully saturated rings. The van der Waals surface area contributed by atoms with E-state index in [1.165, 1.54) is 12.1 Å². The third-order valence-electron chi connectivity index (χ3n) is 3.84. The summed E-state index contributed by atoms with van der Waals surface area (Å²) in [6.45, 7) is 2.41. The molecule has 3 rings (SSSR count). The van der Waals surface area contributed by atoms with E-state index in [1.807, 2.05) is 6.92 Å². The molecule has 0 unspecified atom stereocenters. The molecule has 2 aliphatic rings. The monoisotopic (exact) mass is 298 g/mol. The standard InChI is InChI=1S/C14H19FN2O2S/c1-14(6-7-14)17-20(18,19)13-5-2-10(8-12(13)15)9-16-11-3-4-11/h2,5,8,11,16-17H,3-4,6-7,9H2,1H3. The largest absolute Gasteiger partial charge is 0.310 e. The summed E-state index contributed by atoms with van der Waals surface area (Å²) in [5.41, 5.74) is 0.378. The maximum Gasteiger partial charge on any atom is 0.243 e. The van der Waals surface area contributed by atoms with E-state index in [0.29, 0.717) is 12.6 Å². The lowest BCUT2D eigenvalue weighted by molar-refractivity contribution is 0.539. The summed E-state index contributed by atoms with van der Waals surface area (Å²) in [6, 6.07) is 4.87. The van der Waals surface area contributed by atoms with E-state index < -0.39 is 21.4 Å². The van der Waals surface area contributed by atoms with Crippen LogP contribution >= 0.6 is 0 Å². The van der Waals surface area contributed by atoms with Gasteiger partial charge in [0.15, 0.2) is 0 Å². The first kappa shape index (κ1) is 14.0. The van der Waals surface area contributed by atoms with Crippen molar-refractivity contribution >= 4 is 10.0 Å². The predicted molar refractivity (Wildman–Crippen MR) is 74.2 cm³/mol. The fourth-order valence-corrected chi connectivity index (χ4v) is 3.62. The van der Waals surface area contributed by atoms with Crippen molar-refractivity contribution in [3.8, 4) is 0 Å². The van der Waals surface area contributed by atoms with Crippen LogP contribution in [0.25, 0.3) is 0 Å². The van der Waals surface area contributed by atoms with Crippen molar-refractivity contribution < 1.29 is 12.8 Å². The number of rotatable bonds is 6. The molecule has 2 N–H and O–H groups in total. The maximum atomic E-state index is 14.0. The van der Waals surface area contributed by atoms with Gasteiger partial charge >= 0.3 is 0 Å². The third-order valence-corrected chi connectivity index (χ3v) is 5.51. The first-order chi connectivity index (χ1) is 9.38. The van der Waals surface area contributed by atoms with Crippen LogP contribution in [0.5, 0.6) is 0 Å². The van der Waals surface area contributed by atoms with Crippen LogP contribution < -0.4 is 10.0 Å². The topological polar surface area (TPSA) is 58.2 Å². The molecule has 0 aliphatic heterocycles. The van der Waals surface area contributed by atoms with E-state index in [9.17, 15) is 12.8 Å². The van der Waals surface area contributed by atoms with Gasteiger partial charge in [-0.15, -0.1) is 0 Å². The van der Waals surface area contributed by atoms with Crippen LogP contribution in [0.2, 0.25) is 0 Å². The minimum atomic E-state index is -3.77. The summed E-state index contributed by atoms with van der Waals surface area (Å²) >= 11 is 0. The van der Waals surface area contributed by atoms with E-state index in [1.54, 1.807) is 6.07 Å². The summed E-state index contributed by atoms with van der Waals surface area (Å²) in [4.78, 5) is -0.263. The molecule has 2 saturated carbocycles. The summed E-state index contributed by atoms with van der Waals surface area (Å²) in [6.07, 6.45) is 3.93. The fraction of sp³-hybridized carbons (Fsp3) is 0.571. The average Bonchev–Trinajstić information content (AvgIpc) is 3.24. The molecule has 0 amide bonds. The van der Waals surface area contributed by atoms with E-state index in [0.717, 1.165) is 31.2 Å². The molecule has 0 saturated heterocycles. The lowest BCUT2D eigenvalue weighted by atomic mass is 10.2. The molecule has 0 spiro atoms. The third kappa shape index (κ3) is 3.19. The highest BCUT2D eigenvalue weighted by molar-refractivity contribution is 7.89. The molecule has 1 aromatic rings. The van der Waals surface area contributed by atoms with Gasteiger partial charge in [0.05, 0.1) is 0 Å². The van der Waals surface area contributed by atoms with Crippen LogP contribution in [0, 0.1) is 5.82 Å². The van der Waals surface area contributed by atoms with Gasteiger partial charge in [-0.3, -0.25) is 0 Å². The minimum Gasteiger partial charge on any atom is -0.310 e. The van der Waals surface area contributed by atoms with E-state index in [-0.39, 0.29) is 4.90 Å². The number of sulfonamides is 1. The Hall–Kier alpha value is -0.980. The molecule has 6 heteroatoms. The second-order valence-corrected chi connectivity index (χ2v) is 7.74. The van der Waals surface area contributed by atoms with Crippen LogP contribution in [0.15, 0.2) is 23.1 Å². The van der Waals surface area contributed by atoms with Gasteiger partial charge in [-0.1, -0.05) is 6.07 Å². The van der Waals surface area contributed by atoms with Crippen molar-refractivity contribution in [1.82, 2.24) is 10.0 Å². The first-order valence-corrected chi connectivity index (χ1v) is 8.42. The van der Waals surface area contributed by atoms with Gasteiger partial charge in [0.25, 0.3) is 0 Å². The Labute approximate surface area is 118 Å². The number of benzene rings is 1. The number of nitrogens with one attached hydrogen (secondary N) is 2. The summed E-state index contributed by atoms with van der Waals surface area (Å²) in [7, 11) is -3.77. The Morgan fingerprint density at radius 2 is 2.05 bits per heavy atom. The van der Waals surface area contributed by atoms with Crippen LogP contribution in [0.1, 0.15) is 38.2 Å². The lowest BCUT2D eigenvalue weighted by Gasteiger charge is -2.13. The van der Waals surface area contributed by atoms with Gasteiger partial charge in [-0.25, -0.2) is 17.5 Å². The Morgan fingerprint density at radius 1 is 1.35 bits per heavy atom. The molecule has 4 nitrogen and oxygen atoms in total. The molecular formula is C14H19FN2O2S. The van der Waals surface area contributed by atoms with Crippen molar-refractivity contribution in [3.63, 3.8) is 0 Å². The van der Waals surface area contributed by atoms with E-state index in [4.69, 9.17) is 0 Å². The van der Waals surface area contributed by atoms with E-state index in [2.05, 4.69) is 10.0 Å². The zero-order valence-corrected chi connectivity index (χ0v) is 12.3. The van der Waals surface area contributed by atoms with Crippen molar-refractivity contribution in [1.29, 1.82) is 0 Å². The maximum absolute atomic E-state index is 14.0. The highest BCUT2D eigenvalue weighted by atomic mass is 32.2. The molecule has 0 radical (unpaired) electrons. The number of hydrogen-bond donors (Lipinski definition) is 2. The van der Waals surface area contributed by atoms with Crippen LogP contribution in [-0.4, -0.2) is 20.0 Å². The van der Waals surface area contributed by atoms with Crippen LogP contribution in [-0.2, 0) is 16.6 Å². The van der Waals surface area contributed by atoms with Gasteiger partial charge < -0.3 is 5.32 Å². The highest BCUT2D eigenvalue weighted by Gasteiger charge is 2.41. The van der Waals surface area contributed by atoms with Crippen LogP contribution in [0.3, 0.4) is 0 Å². The molecule has 2 aliphatic carbocycles. The predicted octanol–water partition coefficient (Wildman–Crippen LogP) is 1.91. The first-order valence-electron chi connectivity index (χ1n) is 6.94. The SMILES string of the molecule is CC1(NS(=O)(=O)c2ccc(CNC3CC3)cc2F)CC1. The molecule has 0 heterocycles. The molecule has 0 atom stereocenters. The van der Waals surface area contributed by atoms with Crippen molar-refractivity contribution in [2.75, 3.05) is 0 Å². The number of hydrogen-bond acceptors (Lipinski definition) is 3. The van der Waals surface area contributed by atoms with Gasteiger partial charge in [0.1, 0.15) is 10.7 Å². The number of halogens is 1. The zero-order chi connectivity index (χ0) is 14.4. The normalized spacial score (nSPS) is 20.9. The second kappa shape index (κ2) is 4.79.